The quantitative estimate of drug-likeness (QED) is 0.773. The Morgan fingerprint density at radius 3 is 2.25 bits per heavy atom. The first-order valence-electron chi connectivity index (χ1n) is 4.89. The molecular weight excluding hydrogens is 204 g/mol. The molecule has 0 bridgehead atoms. The van der Waals surface area contributed by atoms with Gasteiger partial charge < -0.3 is 5.11 Å². The minimum absolute atomic E-state index is 0.244. The minimum atomic E-state index is 0.244. The lowest BCUT2D eigenvalue weighted by Crippen LogP contribution is -1.96. The third kappa shape index (κ3) is 2.08. The zero-order valence-electron chi connectivity index (χ0n) is 9.12. The van der Waals surface area contributed by atoms with Gasteiger partial charge in [0.2, 0.25) is 0 Å². The minimum Gasteiger partial charge on any atom is -0.508 e. The van der Waals surface area contributed by atoms with Crippen molar-refractivity contribution in [1.29, 1.82) is 0 Å². The second-order valence-electron chi connectivity index (χ2n) is 3.44. The van der Waals surface area contributed by atoms with Crippen LogP contribution >= 0.6 is 0 Å². The Morgan fingerprint density at radius 2 is 1.69 bits per heavy atom. The second-order valence-corrected chi connectivity index (χ2v) is 3.44. The Morgan fingerprint density at radius 1 is 1.12 bits per heavy atom. The van der Waals surface area contributed by atoms with Crippen molar-refractivity contribution in [2.45, 2.75) is 13.8 Å². The Balaban J connectivity index is 2.24. The molecule has 0 amide bonds. The van der Waals surface area contributed by atoms with Crippen molar-refractivity contribution in [2.75, 3.05) is 0 Å². The van der Waals surface area contributed by atoms with E-state index in [0.717, 1.165) is 17.2 Å². The van der Waals surface area contributed by atoms with E-state index < -0.39 is 0 Å². The molecule has 0 aliphatic heterocycles. The molecule has 0 fully saturated rings. The molecule has 1 N–H and O–H groups in total. The topological polar surface area (TPSA) is 63.3 Å². The van der Waals surface area contributed by atoms with Gasteiger partial charge in [0.15, 0.2) is 11.6 Å². The number of benzene rings is 1. The fraction of sp³-hybridized carbons (Fsp3) is 0.182. The summed E-state index contributed by atoms with van der Waals surface area (Å²) in [5, 5.41) is 21.2. The Labute approximate surface area is 93.1 Å². The predicted molar refractivity (Wildman–Crippen MR) is 60.6 cm³/mol. The van der Waals surface area contributed by atoms with Crippen LogP contribution in [-0.4, -0.2) is 26.2 Å². The molecule has 0 radical (unpaired) electrons. The summed E-state index contributed by atoms with van der Waals surface area (Å²) in [5.74, 6) is 1.73. The summed E-state index contributed by atoms with van der Waals surface area (Å²) < 4.78 is 1.66. The van der Waals surface area contributed by atoms with E-state index in [2.05, 4.69) is 15.3 Å². The largest absolute Gasteiger partial charge is 0.508 e. The number of aryl methyl sites for hydroxylation is 2. The van der Waals surface area contributed by atoms with E-state index >= 15 is 0 Å². The van der Waals surface area contributed by atoms with Gasteiger partial charge in [-0.3, -0.25) is 0 Å². The molecule has 16 heavy (non-hydrogen) atoms. The molecule has 5 heteroatoms. The van der Waals surface area contributed by atoms with E-state index in [-0.39, 0.29) is 5.75 Å². The Hall–Kier alpha value is -2.17. The lowest BCUT2D eigenvalue weighted by Gasteiger charge is -1.97. The van der Waals surface area contributed by atoms with Gasteiger partial charge in [0.25, 0.3) is 0 Å². The van der Waals surface area contributed by atoms with Gasteiger partial charge in [-0.15, -0.1) is 10.2 Å². The molecule has 0 aliphatic carbocycles. The van der Waals surface area contributed by atoms with Gasteiger partial charge in [0.05, 0.1) is 6.21 Å². The van der Waals surface area contributed by atoms with E-state index in [1.165, 1.54) is 0 Å². The molecule has 82 valence electrons. The fourth-order valence-electron chi connectivity index (χ4n) is 1.32. The molecule has 0 saturated heterocycles. The maximum Gasteiger partial charge on any atom is 0.151 e. The highest BCUT2D eigenvalue weighted by molar-refractivity contribution is 5.79. The van der Waals surface area contributed by atoms with Crippen LogP contribution in [0.1, 0.15) is 17.2 Å². The first-order valence-corrected chi connectivity index (χ1v) is 4.89. The highest BCUT2D eigenvalue weighted by Gasteiger charge is 2.00. The summed E-state index contributed by atoms with van der Waals surface area (Å²) in [7, 11) is 0. The Bertz CT molecular complexity index is 494. The predicted octanol–water partition coefficient (Wildman–Crippen LogP) is 1.48. The lowest BCUT2D eigenvalue weighted by atomic mass is 10.2. The van der Waals surface area contributed by atoms with Crippen LogP contribution in [0.25, 0.3) is 0 Å². The van der Waals surface area contributed by atoms with Crippen molar-refractivity contribution in [3.63, 3.8) is 0 Å². The van der Waals surface area contributed by atoms with Gasteiger partial charge in [-0.2, -0.15) is 5.10 Å². The van der Waals surface area contributed by atoms with Crippen LogP contribution in [-0.2, 0) is 0 Å². The van der Waals surface area contributed by atoms with Crippen molar-refractivity contribution in [3.05, 3.63) is 41.5 Å². The lowest BCUT2D eigenvalue weighted by molar-refractivity contribution is 0.475. The van der Waals surface area contributed by atoms with Gasteiger partial charge in [0.1, 0.15) is 5.75 Å². The van der Waals surface area contributed by atoms with E-state index in [1.807, 2.05) is 13.8 Å². The number of hydrogen-bond donors (Lipinski definition) is 1. The summed E-state index contributed by atoms with van der Waals surface area (Å²) in [6.45, 7) is 3.68. The molecule has 1 aromatic heterocycles. The molecule has 1 heterocycles. The Kier molecular flexibility index (Phi) is 2.68. The average Bonchev–Trinajstić information content (AvgIpc) is 2.59. The van der Waals surface area contributed by atoms with Gasteiger partial charge in [-0.05, 0) is 43.7 Å². The van der Waals surface area contributed by atoms with Crippen LogP contribution in [0.5, 0.6) is 5.75 Å². The molecule has 2 aromatic rings. The van der Waals surface area contributed by atoms with Crippen LogP contribution in [0.2, 0.25) is 0 Å². The number of phenols is 1. The van der Waals surface area contributed by atoms with E-state index in [9.17, 15) is 0 Å². The van der Waals surface area contributed by atoms with Crippen LogP contribution in [0.3, 0.4) is 0 Å². The zero-order chi connectivity index (χ0) is 11.5. The smallest absolute Gasteiger partial charge is 0.151 e. The molecule has 0 saturated carbocycles. The number of nitrogens with zero attached hydrogens (tertiary/aromatic N) is 4. The maximum atomic E-state index is 9.13. The number of hydrogen-bond acceptors (Lipinski definition) is 4. The highest BCUT2D eigenvalue weighted by Crippen LogP contribution is 2.08. The first-order chi connectivity index (χ1) is 7.66. The highest BCUT2D eigenvalue weighted by atomic mass is 16.3. The number of aromatic nitrogens is 3. The maximum absolute atomic E-state index is 9.13. The summed E-state index contributed by atoms with van der Waals surface area (Å²) in [6.07, 6.45) is 1.70. The second kappa shape index (κ2) is 4.14. The van der Waals surface area contributed by atoms with Crippen molar-refractivity contribution in [1.82, 2.24) is 14.9 Å². The van der Waals surface area contributed by atoms with Crippen molar-refractivity contribution in [2.24, 2.45) is 5.10 Å². The summed E-state index contributed by atoms with van der Waals surface area (Å²) in [6, 6.07) is 6.81. The van der Waals surface area contributed by atoms with Crippen molar-refractivity contribution < 1.29 is 5.11 Å². The van der Waals surface area contributed by atoms with Crippen molar-refractivity contribution in [3.8, 4) is 5.75 Å². The number of aromatic hydroxyl groups is 1. The standard InChI is InChI=1S/C11H12N4O/c1-8-13-14-9(2)15(8)12-7-10-3-5-11(16)6-4-10/h3-7,16H,1-2H3/b12-7-. The third-order valence-electron chi connectivity index (χ3n) is 2.17. The van der Waals surface area contributed by atoms with E-state index in [0.29, 0.717) is 0 Å². The molecule has 0 aliphatic rings. The van der Waals surface area contributed by atoms with E-state index in [4.69, 9.17) is 5.11 Å². The first kappa shape index (κ1) is 10.4. The van der Waals surface area contributed by atoms with Crippen LogP contribution in [0, 0.1) is 13.8 Å². The average molecular weight is 216 g/mol. The summed E-state index contributed by atoms with van der Waals surface area (Å²) in [4.78, 5) is 0. The van der Waals surface area contributed by atoms with Crippen LogP contribution in [0.4, 0.5) is 0 Å². The molecular formula is C11H12N4O. The molecule has 0 unspecified atom stereocenters. The van der Waals surface area contributed by atoms with Crippen LogP contribution in [0.15, 0.2) is 29.4 Å². The third-order valence-corrected chi connectivity index (χ3v) is 2.17. The zero-order valence-corrected chi connectivity index (χ0v) is 9.12. The summed E-state index contributed by atoms with van der Waals surface area (Å²) in [5.41, 5.74) is 0.908. The van der Waals surface area contributed by atoms with Gasteiger partial charge in [-0.25, -0.2) is 4.68 Å². The van der Waals surface area contributed by atoms with Gasteiger partial charge in [-0.1, -0.05) is 0 Å². The SMILES string of the molecule is Cc1nnc(C)n1/N=C\c1ccc(O)cc1. The molecule has 0 spiro atoms. The number of phenolic OH excluding ortho intramolecular Hbond substituents is 1. The van der Waals surface area contributed by atoms with Gasteiger partial charge >= 0.3 is 0 Å². The van der Waals surface area contributed by atoms with Gasteiger partial charge in [0, 0.05) is 0 Å². The van der Waals surface area contributed by atoms with Crippen molar-refractivity contribution >= 4 is 6.21 Å². The molecule has 0 atom stereocenters. The fourth-order valence-corrected chi connectivity index (χ4v) is 1.32. The molecule has 2 rings (SSSR count). The summed E-state index contributed by atoms with van der Waals surface area (Å²) >= 11 is 0. The molecule has 1 aromatic carbocycles. The van der Waals surface area contributed by atoms with E-state index in [1.54, 1.807) is 35.2 Å². The monoisotopic (exact) mass is 216 g/mol. The normalized spacial score (nSPS) is 11.1. The van der Waals surface area contributed by atoms with Crippen LogP contribution < -0.4 is 0 Å². The number of rotatable bonds is 2. The molecule has 5 nitrogen and oxygen atoms in total.